The highest BCUT2D eigenvalue weighted by atomic mass is 35.5. The number of aryl methyl sites for hydroxylation is 1. The Morgan fingerprint density at radius 2 is 1.93 bits per heavy atom. The van der Waals surface area contributed by atoms with Gasteiger partial charge < -0.3 is 5.32 Å². The number of benzene rings is 2. The van der Waals surface area contributed by atoms with E-state index >= 15 is 0 Å². The number of aromatic nitrogens is 2. The van der Waals surface area contributed by atoms with Gasteiger partial charge in [0.15, 0.2) is 0 Å². The van der Waals surface area contributed by atoms with Gasteiger partial charge in [-0.05, 0) is 17.7 Å². The van der Waals surface area contributed by atoms with Gasteiger partial charge in [0, 0.05) is 29.6 Å². The number of anilines is 1. The average Bonchev–Trinajstić information content (AvgIpc) is 3.14. The van der Waals surface area contributed by atoms with Gasteiger partial charge in [0.25, 0.3) is 0 Å². The molecule has 28 heavy (non-hydrogen) atoms. The minimum atomic E-state index is -0.212. The van der Waals surface area contributed by atoms with Crippen molar-refractivity contribution in [1.82, 2.24) is 15.1 Å². The van der Waals surface area contributed by atoms with Crippen molar-refractivity contribution in [3.63, 3.8) is 0 Å². The molecule has 2 amide bonds. The molecule has 2 heterocycles. The van der Waals surface area contributed by atoms with Crippen molar-refractivity contribution in [3.8, 4) is 11.3 Å². The lowest BCUT2D eigenvalue weighted by atomic mass is 10.1. The second kappa shape index (κ2) is 7.86. The van der Waals surface area contributed by atoms with E-state index in [1.165, 1.54) is 4.90 Å². The highest BCUT2D eigenvalue weighted by molar-refractivity contribution is 6.30. The number of hydrogen-bond acceptors (Lipinski definition) is 3. The third-order valence-electron chi connectivity index (χ3n) is 4.63. The fourth-order valence-corrected chi connectivity index (χ4v) is 3.40. The highest BCUT2D eigenvalue weighted by Crippen LogP contribution is 2.29. The first kappa shape index (κ1) is 18.3. The number of nitrogens with zero attached hydrogens (tertiary/aromatic N) is 3. The summed E-state index contributed by atoms with van der Waals surface area (Å²) in [7, 11) is 0. The van der Waals surface area contributed by atoms with Crippen LogP contribution in [0.15, 0.2) is 60.7 Å². The van der Waals surface area contributed by atoms with Gasteiger partial charge in [-0.2, -0.15) is 5.10 Å². The van der Waals surface area contributed by atoms with Crippen LogP contribution in [-0.2, 0) is 22.7 Å². The maximum Gasteiger partial charge on any atom is 0.240 e. The largest absolute Gasteiger partial charge is 0.350 e. The number of rotatable bonds is 5. The lowest BCUT2D eigenvalue weighted by molar-refractivity contribution is -0.124. The summed E-state index contributed by atoms with van der Waals surface area (Å²) in [5.41, 5.74) is 2.60. The highest BCUT2D eigenvalue weighted by Gasteiger charge is 2.28. The Morgan fingerprint density at radius 3 is 2.71 bits per heavy atom. The molecule has 6 nitrogen and oxygen atoms in total. The number of halogens is 1. The standard InChI is InChI=1S/C21H19ClN4O2/c22-17-8-4-7-16(11-17)18-12-20-25(21(28)9-10-26(20)24-18)14-19(27)23-13-15-5-2-1-3-6-15/h1-8,11-12H,9-10,13-14H2,(H,23,27). The minimum Gasteiger partial charge on any atom is -0.350 e. The van der Waals surface area contributed by atoms with Gasteiger partial charge in [-0.3, -0.25) is 14.5 Å². The summed E-state index contributed by atoms with van der Waals surface area (Å²) in [6.45, 7) is 0.887. The number of fused-ring (bicyclic) bond motifs is 1. The van der Waals surface area contributed by atoms with Crippen LogP contribution in [0.1, 0.15) is 12.0 Å². The van der Waals surface area contributed by atoms with Crippen LogP contribution < -0.4 is 10.2 Å². The Balaban J connectivity index is 1.51. The zero-order valence-corrected chi connectivity index (χ0v) is 15.9. The second-order valence-electron chi connectivity index (χ2n) is 6.61. The van der Waals surface area contributed by atoms with Crippen LogP contribution in [0.2, 0.25) is 5.02 Å². The van der Waals surface area contributed by atoms with E-state index in [4.69, 9.17) is 11.6 Å². The molecular weight excluding hydrogens is 376 g/mol. The van der Waals surface area contributed by atoms with Crippen LogP contribution in [0.25, 0.3) is 11.3 Å². The molecule has 1 N–H and O–H groups in total. The Labute approximate surface area is 167 Å². The second-order valence-corrected chi connectivity index (χ2v) is 7.05. The molecule has 4 rings (SSSR count). The molecule has 0 saturated heterocycles. The van der Waals surface area contributed by atoms with E-state index in [1.807, 2.05) is 54.6 Å². The Hall–Kier alpha value is -3.12. The average molecular weight is 395 g/mol. The molecule has 0 atom stereocenters. The van der Waals surface area contributed by atoms with Crippen molar-refractivity contribution in [2.45, 2.75) is 19.5 Å². The molecule has 1 aliphatic rings. The first-order chi connectivity index (χ1) is 13.6. The number of amides is 2. The Morgan fingerprint density at radius 1 is 1.11 bits per heavy atom. The molecule has 7 heteroatoms. The summed E-state index contributed by atoms with van der Waals surface area (Å²) in [5.74, 6) is 0.331. The van der Waals surface area contributed by atoms with E-state index in [0.29, 0.717) is 30.4 Å². The van der Waals surface area contributed by atoms with Gasteiger partial charge in [0.05, 0.1) is 12.2 Å². The lowest BCUT2D eigenvalue weighted by Crippen LogP contribution is -2.44. The number of carbonyl (C=O) groups is 2. The van der Waals surface area contributed by atoms with Gasteiger partial charge in [0.2, 0.25) is 11.8 Å². The van der Waals surface area contributed by atoms with E-state index < -0.39 is 0 Å². The number of carbonyl (C=O) groups excluding carboxylic acids is 2. The van der Waals surface area contributed by atoms with Gasteiger partial charge in [-0.25, -0.2) is 4.68 Å². The summed E-state index contributed by atoms with van der Waals surface area (Å²) in [6.07, 6.45) is 0.315. The lowest BCUT2D eigenvalue weighted by Gasteiger charge is -2.26. The van der Waals surface area contributed by atoms with E-state index in [1.54, 1.807) is 10.7 Å². The molecule has 2 aromatic carbocycles. The van der Waals surface area contributed by atoms with Crippen molar-refractivity contribution < 1.29 is 9.59 Å². The van der Waals surface area contributed by atoms with E-state index in [0.717, 1.165) is 16.8 Å². The van der Waals surface area contributed by atoms with Gasteiger partial charge in [0.1, 0.15) is 12.4 Å². The molecule has 3 aromatic rings. The molecule has 142 valence electrons. The monoisotopic (exact) mass is 394 g/mol. The summed E-state index contributed by atoms with van der Waals surface area (Å²) >= 11 is 6.08. The molecule has 1 aliphatic heterocycles. The fraction of sp³-hybridized carbons (Fsp3) is 0.190. The minimum absolute atomic E-state index is 0.0354. The van der Waals surface area contributed by atoms with Gasteiger partial charge in [-0.1, -0.05) is 54.1 Å². The van der Waals surface area contributed by atoms with Crippen molar-refractivity contribution in [1.29, 1.82) is 0 Å². The zero-order chi connectivity index (χ0) is 19.5. The smallest absolute Gasteiger partial charge is 0.240 e. The Kier molecular flexibility index (Phi) is 5.12. The molecule has 0 aliphatic carbocycles. The van der Waals surface area contributed by atoms with E-state index in [9.17, 15) is 9.59 Å². The molecular formula is C21H19ClN4O2. The molecule has 0 spiro atoms. The van der Waals surface area contributed by atoms with Crippen LogP contribution in [0.5, 0.6) is 0 Å². The topological polar surface area (TPSA) is 67.2 Å². The van der Waals surface area contributed by atoms with E-state index in [-0.39, 0.29) is 18.4 Å². The van der Waals surface area contributed by atoms with Crippen molar-refractivity contribution in [2.75, 3.05) is 11.4 Å². The Bertz CT molecular complexity index is 1020. The van der Waals surface area contributed by atoms with Crippen molar-refractivity contribution >= 4 is 29.2 Å². The first-order valence-corrected chi connectivity index (χ1v) is 9.43. The van der Waals surface area contributed by atoms with Crippen LogP contribution >= 0.6 is 11.6 Å². The normalized spacial score (nSPS) is 13.3. The molecule has 0 bridgehead atoms. The summed E-state index contributed by atoms with van der Waals surface area (Å²) in [6, 6.07) is 18.9. The maximum atomic E-state index is 12.5. The maximum absolute atomic E-state index is 12.5. The van der Waals surface area contributed by atoms with Crippen molar-refractivity contribution in [2.24, 2.45) is 0 Å². The third-order valence-corrected chi connectivity index (χ3v) is 4.86. The molecule has 0 fully saturated rings. The van der Waals surface area contributed by atoms with E-state index in [2.05, 4.69) is 10.4 Å². The molecule has 0 radical (unpaired) electrons. The quantitative estimate of drug-likeness (QED) is 0.722. The predicted octanol–water partition coefficient (Wildman–Crippen LogP) is 3.26. The van der Waals surface area contributed by atoms with Crippen molar-refractivity contribution in [3.05, 3.63) is 71.2 Å². The van der Waals surface area contributed by atoms with Crippen LogP contribution in [-0.4, -0.2) is 28.1 Å². The molecule has 0 unspecified atom stereocenters. The number of nitrogens with one attached hydrogen (secondary N) is 1. The molecule has 0 saturated carbocycles. The third kappa shape index (κ3) is 3.92. The predicted molar refractivity (Wildman–Crippen MR) is 108 cm³/mol. The summed E-state index contributed by atoms with van der Waals surface area (Å²) in [4.78, 5) is 26.4. The van der Waals surface area contributed by atoms with Crippen LogP contribution in [0.3, 0.4) is 0 Å². The SMILES string of the molecule is O=C(CN1C(=O)CCn2nc(-c3cccc(Cl)c3)cc21)NCc1ccccc1. The fourth-order valence-electron chi connectivity index (χ4n) is 3.21. The van der Waals surface area contributed by atoms with Crippen LogP contribution in [0.4, 0.5) is 5.82 Å². The molecule has 1 aromatic heterocycles. The van der Waals surface area contributed by atoms with Crippen LogP contribution in [0, 0.1) is 0 Å². The summed E-state index contributed by atoms with van der Waals surface area (Å²) in [5, 5.41) is 8.07. The van der Waals surface area contributed by atoms with Gasteiger partial charge in [-0.15, -0.1) is 0 Å². The number of hydrogen-bond donors (Lipinski definition) is 1. The zero-order valence-electron chi connectivity index (χ0n) is 15.1. The summed E-state index contributed by atoms with van der Waals surface area (Å²) < 4.78 is 1.77. The first-order valence-electron chi connectivity index (χ1n) is 9.05. The van der Waals surface area contributed by atoms with Gasteiger partial charge >= 0.3 is 0 Å².